The normalized spacial score (nSPS) is 16.0. The number of amidine groups is 1. The lowest BCUT2D eigenvalue weighted by Gasteiger charge is -2.31. The van der Waals surface area contributed by atoms with Gasteiger partial charge in [-0.15, -0.1) is 0 Å². The van der Waals surface area contributed by atoms with E-state index in [0.29, 0.717) is 37.6 Å². The van der Waals surface area contributed by atoms with E-state index in [-0.39, 0.29) is 42.0 Å². The van der Waals surface area contributed by atoms with Gasteiger partial charge in [-0.3, -0.25) is 14.6 Å². The molecular formula is C23H26F3N5O2. The molecule has 0 aliphatic carbocycles. The number of aryl methyl sites for hydroxylation is 1. The Balaban J connectivity index is 1.50. The van der Waals surface area contributed by atoms with Crippen LogP contribution < -0.4 is 11.5 Å². The molecule has 1 fully saturated rings. The van der Waals surface area contributed by atoms with Crippen LogP contribution in [0.5, 0.6) is 0 Å². The summed E-state index contributed by atoms with van der Waals surface area (Å²) in [7, 11) is 0. The molecule has 1 saturated heterocycles. The van der Waals surface area contributed by atoms with Gasteiger partial charge in [0.2, 0.25) is 5.91 Å². The molecule has 0 spiro atoms. The van der Waals surface area contributed by atoms with E-state index >= 15 is 0 Å². The van der Waals surface area contributed by atoms with Crippen molar-refractivity contribution >= 4 is 17.6 Å². The minimum Gasteiger partial charge on any atom is -0.383 e. The topological polar surface area (TPSA) is 115 Å². The van der Waals surface area contributed by atoms with Gasteiger partial charge >= 0.3 is 0 Å². The van der Waals surface area contributed by atoms with Crippen LogP contribution in [0.2, 0.25) is 0 Å². The summed E-state index contributed by atoms with van der Waals surface area (Å²) in [5, 5.41) is 0. The summed E-state index contributed by atoms with van der Waals surface area (Å²) in [5.41, 5.74) is 13.2. The number of carbonyl (C=O) groups is 2. The third kappa shape index (κ3) is 6.38. The number of pyridine rings is 1. The van der Waals surface area contributed by atoms with E-state index in [1.165, 1.54) is 0 Å². The third-order valence-corrected chi connectivity index (χ3v) is 5.64. The predicted octanol–water partition coefficient (Wildman–Crippen LogP) is 2.24. The summed E-state index contributed by atoms with van der Waals surface area (Å²) in [6.45, 7) is 2.54. The molecule has 1 unspecified atom stereocenters. The highest BCUT2D eigenvalue weighted by Crippen LogP contribution is 2.21. The molecule has 2 heterocycles. The van der Waals surface area contributed by atoms with Crippen LogP contribution in [0.3, 0.4) is 0 Å². The molecular weight excluding hydrogens is 435 g/mol. The van der Waals surface area contributed by atoms with E-state index in [1.54, 1.807) is 23.2 Å². The smallest absolute Gasteiger partial charge is 0.250 e. The van der Waals surface area contributed by atoms with Gasteiger partial charge in [0.1, 0.15) is 11.7 Å². The quantitative estimate of drug-likeness (QED) is 0.389. The molecule has 3 rings (SSSR count). The highest BCUT2D eigenvalue weighted by molar-refractivity contribution is 6.04. The average Bonchev–Trinajstić information content (AvgIpc) is 2.77. The van der Waals surface area contributed by atoms with E-state index < -0.39 is 23.5 Å². The second-order valence-corrected chi connectivity index (χ2v) is 8.20. The van der Waals surface area contributed by atoms with E-state index in [4.69, 9.17) is 11.5 Å². The monoisotopic (exact) mass is 461 g/mol. The highest BCUT2D eigenvalue weighted by atomic mass is 19.2. The summed E-state index contributed by atoms with van der Waals surface area (Å²) in [6.07, 6.45) is 2.23. The number of hydrogen-bond donors (Lipinski definition) is 2. The molecule has 10 heteroatoms. The Morgan fingerprint density at radius 3 is 2.45 bits per heavy atom. The molecule has 176 valence electrons. The third-order valence-electron chi connectivity index (χ3n) is 5.64. The maximum absolute atomic E-state index is 13.8. The Bertz CT molecular complexity index is 1050. The van der Waals surface area contributed by atoms with Crippen molar-refractivity contribution in [2.75, 3.05) is 13.1 Å². The average molecular weight is 461 g/mol. The number of halogens is 3. The van der Waals surface area contributed by atoms with E-state index in [1.807, 2.05) is 6.92 Å². The van der Waals surface area contributed by atoms with Crippen molar-refractivity contribution in [3.05, 3.63) is 64.7 Å². The Morgan fingerprint density at radius 1 is 1.15 bits per heavy atom. The summed E-state index contributed by atoms with van der Waals surface area (Å²) >= 11 is 0. The zero-order valence-corrected chi connectivity index (χ0v) is 18.2. The number of benzene rings is 1. The molecule has 2 aromatic rings. The van der Waals surface area contributed by atoms with Gasteiger partial charge in [-0.2, -0.15) is 4.99 Å². The molecule has 1 atom stereocenters. The fraction of sp³-hybridized carbons (Fsp3) is 0.391. The molecule has 1 aromatic carbocycles. The first-order valence-corrected chi connectivity index (χ1v) is 10.6. The standard InChI is InChI=1S/C23H26F3N5O2/c1-13-2-3-15(12-29-13)22(28)30-23(33)14-4-6-31(7-5-14)21(32)10-17(27)8-16-9-19(25)20(26)11-18(16)24/h2-3,9,11-12,14,17H,4-8,10,27H2,1H3,(H2,28,30,33). The van der Waals surface area contributed by atoms with Crippen molar-refractivity contribution in [2.24, 2.45) is 22.4 Å². The summed E-state index contributed by atoms with van der Waals surface area (Å²) in [5.74, 6) is -4.19. The number of nitrogens with zero attached hydrogens (tertiary/aromatic N) is 3. The molecule has 0 bridgehead atoms. The van der Waals surface area contributed by atoms with Crippen molar-refractivity contribution in [1.82, 2.24) is 9.88 Å². The van der Waals surface area contributed by atoms with Gasteiger partial charge in [0.05, 0.1) is 0 Å². The SMILES string of the molecule is Cc1ccc(C(N)=NC(=O)C2CCN(C(=O)CC(N)Cc3cc(F)c(F)cc3F)CC2)cn1. The molecule has 0 saturated carbocycles. The number of hydrogen-bond acceptors (Lipinski definition) is 4. The van der Waals surface area contributed by atoms with Gasteiger partial charge < -0.3 is 16.4 Å². The van der Waals surface area contributed by atoms with Crippen molar-refractivity contribution in [1.29, 1.82) is 0 Å². The van der Waals surface area contributed by atoms with Crippen molar-refractivity contribution in [3.63, 3.8) is 0 Å². The number of aromatic nitrogens is 1. The molecule has 7 nitrogen and oxygen atoms in total. The minimum absolute atomic E-state index is 0.0808. The molecule has 1 aliphatic heterocycles. The van der Waals surface area contributed by atoms with Gasteiger partial charge in [0.25, 0.3) is 5.91 Å². The molecule has 0 radical (unpaired) electrons. The van der Waals surface area contributed by atoms with E-state index in [0.717, 1.165) is 11.8 Å². The zero-order chi connectivity index (χ0) is 24.1. The number of carbonyl (C=O) groups excluding carboxylic acids is 2. The Morgan fingerprint density at radius 2 is 1.82 bits per heavy atom. The molecule has 33 heavy (non-hydrogen) atoms. The Hall–Kier alpha value is -3.27. The fourth-order valence-electron chi connectivity index (χ4n) is 3.70. The van der Waals surface area contributed by atoms with Crippen molar-refractivity contribution in [3.8, 4) is 0 Å². The fourth-order valence-corrected chi connectivity index (χ4v) is 3.70. The lowest BCUT2D eigenvalue weighted by Crippen LogP contribution is -2.42. The van der Waals surface area contributed by atoms with Gasteiger partial charge in [-0.05, 0) is 49.9 Å². The Labute approximate surface area is 189 Å². The number of piperidine rings is 1. The van der Waals surface area contributed by atoms with E-state index in [2.05, 4.69) is 9.98 Å². The van der Waals surface area contributed by atoms with Crippen molar-refractivity contribution < 1.29 is 22.8 Å². The first-order valence-electron chi connectivity index (χ1n) is 10.6. The molecule has 4 N–H and O–H groups in total. The lowest BCUT2D eigenvalue weighted by atomic mass is 9.95. The zero-order valence-electron chi connectivity index (χ0n) is 18.2. The van der Waals surface area contributed by atoms with Crippen LogP contribution in [0.1, 0.15) is 36.1 Å². The van der Waals surface area contributed by atoms with Crippen LogP contribution >= 0.6 is 0 Å². The second-order valence-electron chi connectivity index (χ2n) is 8.20. The molecule has 1 aromatic heterocycles. The van der Waals surface area contributed by atoms with Gasteiger partial charge in [-0.1, -0.05) is 0 Å². The largest absolute Gasteiger partial charge is 0.383 e. The van der Waals surface area contributed by atoms with Crippen LogP contribution in [0.4, 0.5) is 13.2 Å². The van der Waals surface area contributed by atoms with Crippen LogP contribution in [-0.2, 0) is 16.0 Å². The van der Waals surface area contributed by atoms with Crippen LogP contribution in [0.25, 0.3) is 0 Å². The van der Waals surface area contributed by atoms with E-state index in [9.17, 15) is 22.8 Å². The highest BCUT2D eigenvalue weighted by Gasteiger charge is 2.28. The van der Waals surface area contributed by atoms with Gasteiger partial charge in [-0.25, -0.2) is 13.2 Å². The van der Waals surface area contributed by atoms with Gasteiger partial charge in [0.15, 0.2) is 11.6 Å². The number of likely N-dealkylation sites (tertiary alicyclic amines) is 1. The Kier molecular flexibility index (Phi) is 7.80. The summed E-state index contributed by atoms with van der Waals surface area (Å²) < 4.78 is 40.2. The first kappa shape index (κ1) is 24.4. The number of rotatable bonds is 6. The number of aliphatic imine (C=N–C) groups is 1. The predicted molar refractivity (Wildman–Crippen MR) is 117 cm³/mol. The molecule has 2 amide bonds. The summed E-state index contributed by atoms with van der Waals surface area (Å²) in [6, 6.07) is 3.98. The lowest BCUT2D eigenvalue weighted by molar-refractivity contribution is -0.135. The van der Waals surface area contributed by atoms with Crippen LogP contribution in [0, 0.1) is 30.3 Å². The number of nitrogens with two attached hydrogens (primary N) is 2. The van der Waals surface area contributed by atoms with Crippen LogP contribution in [-0.4, -0.2) is 46.7 Å². The van der Waals surface area contributed by atoms with Crippen LogP contribution in [0.15, 0.2) is 35.5 Å². The molecule has 1 aliphatic rings. The maximum Gasteiger partial charge on any atom is 0.250 e. The second kappa shape index (κ2) is 10.6. The van der Waals surface area contributed by atoms with Crippen molar-refractivity contribution in [2.45, 2.75) is 38.6 Å². The summed E-state index contributed by atoms with van der Waals surface area (Å²) in [4.78, 5) is 34.7. The minimum atomic E-state index is -1.28. The number of amides is 2. The first-order chi connectivity index (χ1) is 15.6. The maximum atomic E-state index is 13.8. The van der Waals surface area contributed by atoms with Gasteiger partial charge in [0, 0.05) is 55.0 Å².